The van der Waals surface area contributed by atoms with E-state index in [1.807, 2.05) is 12.1 Å². The summed E-state index contributed by atoms with van der Waals surface area (Å²) in [6.07, 6.45) is 1.43. The van der Waals surface area contributed by atoms with Crippen molar-refractivity contribution in [1.29, 1.82) is 0 Å². The van der Waals surface area contributed by atoms with Gasteiger partial charge in [0.15, 0.2) is 11.6 Å². The minimum Gasteiger partial charge on any atom is -0.497 e. The number of rotatable bonds is 8. The van der Waals surface area contributed by atoms with Gasteiger partial charge in [0, 0.05) is 12.6 Å². The number of methoxy groups -OCH3 is 1. The third-order valence-electron chi connectivity index (χ3n) is 4.12. The molecule has 0 heterocycles. The number of ether oxygens (including phenoxy) is 1. The second-order valence-electron chi connectivity index (χ2n) is 6.22. The third-order valence-corrected chi connectivity index (χ3v) is 5.36. The Morgan fingerprint density at radius 1 is 1.14 bits per heavy atom. The molecule has 2 rings (SSSR count). The molecule has 0 unspecified atom stereocenters. The number of nitrogens with one attached hydrogen (secondary N) is 1. The van der Waals surface area contributed by atoms with E-state index in [2.05, 4.69) is 5.32 Å². The minimum absolute atomic E-state index is 0.126. The Balaban J connectivity index is 2.07. The van der Waals surface area contributed by atoms with Crippen LogP contribution in [0.25, 0.3) is 0 Å². The molecule has 0 saturated carbocycles. The van der Waals surface area contributed by atoms with Crippen molar-refractivity contribution >= 4 is 21.6 Å². The van der Waals surface area contributed by atoms with Crippen LogP contribution >= 0.6 is 0 Å². The third kappa shape index (κ3) is 5.41. The number of carbonyl (C=O) groups is 1. The first kappa shape index (κ1) is 21.6. The molecule has 9 heteroatoms. The molecule has 0 saturated heterocycles. The van der Waals surface area contributed by atoms with Gasteiger partial charge in [0.2, 0.25) is 15.9 Å². The first-order valence-corrected chi connectivity index (χ1v) is 10.3. The lowest BCUT2D eigenvalue weighted by Gasteiger charge is -2.28. The topological polar surface area (TPSA) is 75.7 Å². The molecule has 152 valence electrons. The molecule has 1 amide bonds. The van der Waals surface area contributed by atoms with E-state index in [0.717, 1.165) is 40.1 Å². The van der Waals surface area contributed by atoms with Gasteiger partial charge in [-0.15, -0.1) is 0 Å². The zero-order valence-electron chi connectivity index (χ0n) is 15.8. The average Bonchev–Trinajstić information content (AvgIpc) is 2.64. The highest BCUT2D eigenvalue weighted by atomic mass is 32.2. The number of anilines is 1. The van der Waals surface area contributed by atoms with E-state index in [4.69, 9.17) is 4.74 Å². The van der Waals surface area contributed by atoms with Crippen LogP contribution in [-0.2, 0) is 21.2 Å². The van der Waals surface area contributed by atoms with E-state index < -0.39 is 33.6 Å². The molecule has 0 radical (unpaired) electrons. The monoisotopic (exact) mass is 412 g/mol. The summed E-state index contributed by atoms with van der Waals surface area (Å²) < 4.78 is 56.8. The van der Waals surface area contributed by atoms with Crippen molar-refractivity contribution in [2.24, 2.45) is 0 Å². The number of halogens is 2. The van der Waals surface area contributed by atoms with Crippen molar-refractivity contribution in [3.8, 4) is 5.75 Å². The molecule has 1 atom stereocenters. The quantitative estimate of drug-likeness (QED) is 0.723. The van der Waals surface area contributed by atoms with Gasteiger partial charge < -0.3 is 10.1 Å². The highest BCUT2D eigenvalue weighted by Gasteiger charge is 2.29. The molecule has 0 fully saturated rings. The Labute approximate surface area is 163 Å². The maximum Gasteiger partial charge on any atom is 0.243 e. The molecule has 6 nitrogen and oxygen atoms in total. The van der Waals surface area contributed by atoms with Crippen LogP contribution in [0.2, 0.25) is 0 Å². The predicted octanol–water partition coefficient (Wildman–Crippen LogP) is 2.49. The van der Waals surface area contributed by atoms with E-state index in [1.165, 1.54) is 6.92 Å². The normalized spacial score (nSPS) is 12.3. The molecular weight excluding hydrogens is 390 g/mol. The van der Waals surface area contributed by atoms with Gasteiger partial charge in [-0.3, -0.25) is 9.10 Å². The molecule has 0 aliphatic heterocycles. The first-order chi connectivity index (χ1) is 13.1. The van der Waals surface area contributed by atoms with Crippen LogP contribution in [0.15, 0.2) is 42.5 Å². The second kappa shape index (κ2) is 9.01. The summed E-state index contributed by atoms with van der Waals surface area (Å²) in [5.41, 5.74) is 0.841. The van der Waals surface area contributed by atoms with E-state index in [1.54, 1.807) is 19.2 Å². The Morgan fingerprint density at radius 3 is 2.32 bits per heavy atom. The van der Waals surface area contributed by atoms with Crippen molar-refractivity contribution in [2.45, 2.75) is 19.4 Å². The van der Waals surface area contributed by atoms with E-state index in [-0.39, 0.29) is 12.2 Å². The number of amides is 1. The minimum atomic E-state index is -3.91. The van der Waals surface area contributed by atoms with E-state index >= 15 is 0 Å². The number of nitrogens with zero attached hydrogens (tertiary/aromatic N) is 1. The van der Waals surface area contributed by atoms with Gasteiger partial charge in [-0.05, 0) is 43.2 Å². The highest BCUT2D eigenvalue weighted by Crippen LogP contribution is 2.23. The predicted molar refractivity (Wildman–Crippen MR) is 103 cm³/mol. The Morgan fingerprint density at radius 2 is 1.79 bits per heavy atom. The van der Waals surface area contributed by atoms with Gasteiger partial charge >= 0.3 is 0 Å². The van der Waals surface area contributed by atoms with Crippen LogP contribution in [0, 0.1) is 11.6 Å². The van der Waals surface area contributed by atoms with Crippen LogP contribution in [-0.4, -0.2) is 40.3 Å². The zero-order valence-corrected chi connectivity index (χ0v) is 16.6. The Hall–Kier alpha value is -2.68. The van der Waals surface area contributed by atoms with Gasteiger partial charge in [-0.25, -0.2) is 17.2 Å². The number of hydrogen-bond acceptors (Lipinski definition) is 4. The van der Waals surface area contributed by atoms with Crippen LogP contribution in [0.5, 0.6) is 5.75 Å². The van der Waals surface area contributed by atoms with Crippen LogP contribution in [0.3, 0.4) is 0 Å². The SMILES string of the molecule is COc1ccc(CCNC(=O)[C@H](C)N(c2ccc(F)c(F)c2)S(C)(=O)=O)cc1. The summed E-state index contributed by atoms with van der Waals surface area (Å²) in [5, 5.41) is 2.66. The summed E-state index contributed by atoms with van der Waals surface area (Å²) in [7, 11) is -2.34. The lowest BCUT2D eigenvalue weighted by molar-refractivity contribution is -0.121. The van der Waals surface area contributed by atoms with E-state index in [9.17, 15) is 22.0 Å². The molecule has 28 heavy (non-hydrogen) atoms. The van der Waals surface area contributed by atoms with Gasteiger partial charge in [-0.2, -0.15) is 0 Å². The van der Waals surface area contributed by atoms with E-state index in [0.29, 0.717) is 6.42 Å². The second-order valence-corrected chi connectivity index (χ2v) is 8.08. The fourth-order valence-corrected chi connectivity index (χ4v) is 3.87. The lowest BCUT2D eigenvalue weighted by Crippen LogP contribution is -2.48. The maximum atomic E-state index is 13.5. The summed E-state index contributed by atoms with van der Waals surface area (Å²) in [5.74, 6) is -2.13. The summed E-state index contributed by atoms with van der Waals surface area (Å²) in [6.45, 7) is 1.66. The molecule has 0 aliphatic rings. The van der Waals surface area contributed by atoms with Crippen LogP contribution in [0.1, 0.15) is 12.5 Å². The molecule has 0 aromatic heterocycles. The number of benzene rings is 2. The maximum absolute atomic E-state index is 13.5. The van der Waals surface area contributed by atoms with Crippen molar-refractivity contribution in [3.63, 3.8) is 0 Å². The summed E-state index contributed by atoms with van der Waals surface area (Å²) in [6, 6.07) is 8.85. The Bertz CT molecular complexity index is 933. The van der Waals surface area contributed by atoms with Crippen molar-refractivity contribution in [1.82, 2.24) is 5.32 Å². The van der Waals surface area contributed by atoms with Crippen molar-refractivity contribution in [3.05, 3.63) is 59.7 Å². The number of carbonyl (C=O) groups excluding carboxylic acids is 1. The smallest absolute Gasteiger partial charge is 0.243 e. The molecule has 0 bridgehead atoms. The largest absolute Gasteiger partial charge is 0.497 e. The van der Waals surface area contributed by atoms with Crippen LogP contribution < -0.4 is 14.4 Å². The first-order valence-electron chi connectivity index (χ1n) is 8.48. The van der Waals surface area contributed by atoms with Gasteiger partial charge in [0.1, 0.15) is 11.8 Å². The fourth-order valence-electron chi connectivity index (χ4n) is 2.70. The molecule has 0 spiro atoms. The van der Waals surface area contributed by atoms with Gasteiger partial charge in [-0.1, -0.05) is 12.1 Å². The highest BCUT2D eigenvalue weighted by molar-refractivity contribution is 7.92. The molecule has 0 aliphatic carbocycles. The summed E-state index contributed by atoms with van der Waals surface area (Å²) >= 11 is 0. The summed E-state index contributed by atoms with van der Waals surface area (Å²) in [4.78, 5) is 12.4. The van der Waals surface area contributed by atoms with Crippen molar-refractivity contribution < 1.29 is 26.7 Å². The lowest BCUT2D eigenvalue weighted by atomic mass is 10.1. The number of hydrogen-bond donors (Lipinski definition) is 1. The van der Waals surface area contributed by atoms with Crippen LogP contribution in [0.4, 0.5) is 14.5 Å². The fraction of sp³-hybridized carbons (Fsp3) is 0.316. The number of sulfonamides is 1. The zero-order chi connectivity index (χ0) is 20.9. The van der Waals surface area contributed by atoms with Gasteiger partial charge in [0.05, 0.1) is 19.1 Å². The molecule has 2 aromatic carbocycles. The Kier molecular flexibility index (Phi) is 6.95. The van der Waals surface area contributed by atoms with Gasteiger partial charge in [0.25, 0.3) is 0 Å². The molecule has 2 aromatic rings. The molecule has 1 N–H and O–H groups in total. The standard InChI is InChI=1S/C19H22F2N2O4S/c1-13(19(24)22-11-10-14-4-7-16(27-2)8-5-14)23(28(3,25)26)15-6-9-17(20)18(21)12-15/h4-9,12-13H,10-11H2,1-3H3,(H,22,24)/t13-/m0/s1. The molecular formula is C19H22F2N2O4S. The van der Waals surface area contributed by atoms with Crippen molar-refractivity contribution in [2.75, 3.05) is 24.2 Å². The average molecular weight is 412 g/mol.